The van der Waals surface area contributed by atoms with Crippen LogP contribution in [0.1, 0.15) is 52.4 Å². The van der Waals surface area contributed by atoms with E-state index in [1.807, 2.05) is 12.1 Å². The second-order valence-electron chi connectivity index (χ2n) is 10.0. The maximum absolute atomic E-state index is 5.51. The summed E-state index contributed by atoms with van der Waals surface area (Å²) >= 11 is 0. The Morgan fingerprint density at radius 2 is 1.79 bits per heavy atom. The van der Waals surface area contributed by atoms with Crippen LogP contribution < -0.4 is 16.0 Å². The second kappa shape index (κ2) is 11.9. The Labute approximate surface area is 202 Å². The first kappa shape index (κ1) is 24.8. The predicted molar refractivity (Wildman–Crippen MR) is 134 cm³/mol. The largest absolute Gasteiger partial charge is 0.383 e. The van der Waals surface area contributed by atoms with Gasteiger partial charge in [-0.1, -0.05) is 6.92 Å². The van der Waals surface area contributed by atoms with Crippen molar-refractivity contribution in [3.8, 4) is 11.5 Å². The van der Waals surface area contributed by atoms with Crippen LogP contribution >= 0.6 is 0 Å². The minimum absolute atomic E-state index is 0.228. The molecule has 9 heteroatoms. The predicted octanol–water partition coefficient (Wildman–Crippen LogP) is 3.51. The van der Waals surface area contributed by atoms with E-state index in [9.17, 15) is 0 Å². The molecule has 34 heavy (non-hydrogen) atoms. The fourth-order valence-electron chi connectivity index (χ4n) is 4.77. The van der Waals surface area contributed by atoms with Crippen LogP contribution in [0.3, 0.4) is 0 Å². The van der Waals surface area contributed by atoms with Crippen molar-refractivity contribution in [1.29, 1.82) is 0 Å². The van der Waals surface area contributed by atoms with Crippen LogP contribution in [-0.2, 0) is 9.47 Å². The van der Waals surface area contributed by atoms with Gasteiger partial charge in [-0.2, -0.15) is 0 Å². The second-order valence-corrected chi connectivity index (χ2v) is 10.0. The van der Waals surface area contributed by atoms with Crippen molar-refractivity contribution < 1.29 is 9.47 Å². The van der Waals surface area contributed by atoms with Crippen molar-refractivity contribution in [3.63, 3.8) is 0 Å². The zero-order valence-electron chi connectivity index (χ0n) is 20.7. The van der Waals surface area contributed by atoms with Crippen LogP contribution in [-0.4, -0.2) is 71.5 Å². The van der Waals surface area contributed by atoms with E-state index < -0.39 is 0 Å². The van der Waals surface area contributed by atoms with Crippen LogP contribution in [0.4, 0.5) is 11.8 Å². The molecule has 9 nitrogen and oxygen atoms in total. The molecule has 186 valence electrons. The zero-order chi connectivity index (χ0) is 23.8. The molecule has 2 aromatic heterocycles. The molecule has 4 rings (SSSR count). The van der Waals surface area contributed by atoms with Gasteiger partial charge in [0.2, 0.25) is 5.95 Å². The molecule has 1 atom stereocenters. The third-order valence-corrected chi connectivity index (χ3v) is 6.93. The first-order chi connectivity index (χ1) is 16.5. The van der Waals surface area contributed by atoms with Gasteiger partial charge >= 0.3 is 0 Å². The molecule has 1 saturated carbocycles. The van der Waals surface area contributed by atoms with Crippen molar-refractivity contribution in [2.75, 3.05) is 44.1 Å². The van der Waals surface area contributed by atoms with Gasteiger partial charge in [0.25, 0.3) is 0 Å². The van der Waals surface area contributed by atoms with Crippen molar-refractivity contribution in [1.82, 2.24) is 25.3 Å². The summed E-state index contributed by atoms with van der Waals surface area (Å²) < 4.78 is 10.7. The quantitative estimate of drug-likeness (QED) is 0.482. The zero-order valence-corrected chi connectivity index (χ0v) is 20.7. The van der Waals surface area contributed by atoms with Crippen LogP contribution in [0.5, 0.6) is 0 Å². The number of nitrogens with zero attached hydrogens (tertiary/aromatic N) is 4. The highest BCUT2D eigenvalue weighted by Gasteiger charge is 2.27. The summed E-state index contributed by atoms with van der Waals surface area (Å²) in [4.78, 5) is 18.3. The van der Waals surface area contributed by atoms with Crippen molar-refractivity contribution in [3.05, 3.63) is 24.5 Å². The molecule has 3 heterocycles. The van der Waals surface area contributed by atoms with Gasteiger partial charge in [-0.3, -0.25) is 0 Å². The summed E-state index contributed by atoms with van der Waals surface area (Å²) in [6.45, 7) is 7.74. The maximum Gasteiger partial charge on any atom is 0.223 e. The average Bonchev–Trinajstić information content (AvgIpc) is 2.85. The number of aromatic nitrogens is 4. The molecule has 2 aromatic rings. The van der Waals surface area contributed by atoms with E-state index in [1.165, 1.54) is 0 Å². The van der Waals surface area contributed by atoms with Gasteiger partial charge in [0, 0.05) is 57.4 Å². The van der Waals surface area contributed by atoms with Gasteiger partial charge in [-0.25, -0.2) is 19.9 Å². The van der Waals surface area contributed by atoms with Gasteiger partial charge in [0.15, 0.2) is 5.82 Å². The highest BCUT2D eigenvalue weighted by Crippen LogP contribution is 2.30. The first-order valence-corrected chi connectivity index (χ1v) is 12.5. The van der Waals surface area contributed by atoms with E-state index in [0.717, 1.165) is 76.4 Å². The normalized spacial score (nSPS) is 23.3. The molecule has 2 fully saturated rings. The molecule has 1 saturated heterocycles. The van der Waals surface area contributed by atoms with Gasteiger partial charge in [0.05, 0.1) is 6.61 Å². The Hall–Kier alpha value is -2.36. The summed E-state index contributed by atoms with van der Waals surface area (Å²) in [6, 6.07) is 5.07. The highest BCUT2D eigenvalue weighted by atomic mass is 16.5. The van der Waals surface area contributed by atoms with Gasteiger partial charge in [-0.15, -0.1) is 0 Å². The summed E-state index contributed by atoms with van der Waals surface area (Å²) in [7, 11) is 1.75. The number of nitrogens with one attached hydrogen (secondary N) is 3. The number of methoxy groups -OCH3 is 1. The van der Waals surface area contributed by atoms with Crippen molar-refractivity contribution in [2.24, 2.45) is 5.41 Å². The molecule has 0 aromatic carbocycles. The van der Waals surface area contributed by atoms with E-state index in [-0.39, 0.29) is 5.41 Å². The molecular formula is C25H39N7O2. The molecule has 0 spiro atoms. The Balaban J connectivity index is 1.31. The topological polar surface area (TPSA) is 106 Å². The van der Waals surface area contributed by atoms with Crippen LogP contribution in [0.2, 0.25) is 0 Å². The Morgan fingerprint density at radius 3 is 2.56 bits per heavy atom. The third kappa shape index (κ3) is 7.07. The smallest absolute Gasteiger partial charge is 0.223 e. The van der Waals surface area contributed by atoms with Gasteiger partial charge in [0.1, 0.15) is 11.5 Å². The molecule has 1 aliphatic heterocycles. The lowest BCUT2D eigenvalue weighted by molar-refractivity contribution is 0.0300. The third-order valence-electron chi connectivity index (χ3n) is 6.93. The molecule has 3 N–H and O–H groups in total. The minimum atomic E-state index is 0.228. The Morgan fingerprint density at radius 1 is 1.06 bits per heavy atom. The van der Waals surface area contributed by atoms with Crippen molar-refractivity contribution in [2.45, 2.75) is 70.5 Å². The monoisotopic (exact) mass is 469 g/mol. The SMILES string of the molecule is COC[C@@H](C)NC1CCC(Nc2nccc(-c3nccc(NCC4(C)CCOCC4)n3)n2)CC1. The lowest BCUT2D eigenvalue weighted by atomic mass is 9.82. The number of hydrogen-bond acceptors (Lipinski definition) is 9. The molecule has 0 radical (unpaired) electrons. The van der Waals surface area contributed by atoms with Crippen LogP contribution in [0.25, 0.3) is 11.5 Å². The van der Waals surface area contributed by atoms with Gasteiger partial charge in [-0.05, 0) is 63.0 Å². The van der Waals surface area contributed by atoms with Crippen molar-refractivity contribution >= 4 is 11.8 Å². The van der Waals surface area contributed by atoms with E-state index in [4.69, 9.17) is 19.4 Å². The summed E-state index contributed by atoms with van der Waals surface area (Å²) in [5.41, 5.74) is 0.952. The summed E-state index contributed by atoms with van der Waals surface area (Å²) in [6.07, 6.45) is 10.1. The highest BCUT2D eigenvalue weighted by molar-refractivity contribution is 5.53. The number of hydrogen-bond donors (Lipinski definition) is 3. The fourth-order valence-corrected chi connectivity index (χ4v) is 4.77. The summed E-state index contributed by atoms with van der Waals surface area (Å²) in [5, 5.41) is 10.7. The molecule has 0 unspecified atom stereocenters. The Kier molecular flexibility index (Phi) is 8.64. The number of anilines is 2. The maximum atomic E-state index is 5.51. The molecule has 1 aliphatic carbocycles. The number of ether oxygens (including phenoxy) is 2. The lowest BCUT2D eigenvalue weighted by Crippen LogP contribution is -2.43. The molecule has 0 amide bonds. The standard InChI is InChI=1S/C25H39N7O2/c1-18(16-33-3)29-19-4-6-20(7-5-19)30-24-27-12-8-21(31-24)23-26-13-9-22(32-23)28-17-25(2)10-14-34-15-11-25/h8-9,12-13,18-20,29H,4-7,10-11,14-17H2,1-3H3,(H,26,28,32)(H,27,30,31)/t18-,19?,20?/m1/s1. The van der Waals surface area contributed by atoms with E-state index in [0.29, 0.717) is 29.9 Å². The average molecular weight is 470 g/mol. The molecular weight excluding hydrogens is 430 g/mol. The first-order valence-electron chi connectivity index (χ1n) is 12.5. The number of rotatable bonds is 10. The van der Waals surface area contributed by atoms with E-state index in [1.54, 1.807) is 19.5 Å². The minimum Gasteiger partial charge on any atom is -0.383 e. The van der Waals surface area contributed by atoms with E-state index >= 15 is 0 Å². The lowest BCUT2D eigenvalue weighted by Gasteiger charge is -2.33. The Bertz CT molecular complexity index is 898. The molecule has 2 aliphatic rings. The van der Waals surface area contributed by atoms with Gasteiger partial charge < -0.3 is 25.4 Å². The van der Waals surface area contributed by atoms with Crippen LogP contribution in [0.15, 0.2) is 24.5 Å². The molecule has 0 bridgehead atoms. The summed E-state index contributed by atoms with van der Waals surface area (Å²) in [5.74, 6) is 2.06. The van der Waals surface area contributed by atoms with E-state index in [2.05, 4.69) is 39.8 Å². The fraction of sp³-hybridized carbons (Fsp3) is 0.680. The van der Waals surface area contributed by atoms with Crippen LogP contribution in [0, 0.1) is 5.41 Å².